The summed E-state index contributed by atoms with van der Waals surface area (Å²) >= 11 is 0. The molecule has 1 atom stereocenters. The highest BCUT2D eigenvalue weighted by Gasteiger charge is 2.00. The molecule has 0 aromatic rings. The molecule has 0 spiro atoms. The standard InChI is InChI=1S/C7H13O2P/c1-3-4-5-6(10)7(8)9-2/h5H,3-4,10H2,1-2H3. The van der Waals surface area contributed by atoms with Crippen molar-refractivity contribution in [3.05, 3.63) is 11.4 Å². The number of methoxy groups -OCH3 is 1. The number of unbranched alkanes of at least 4 members (excludes halogenated alkanes) is 1. The van der Waals surface area contributed by atoms with Crippen LogP contribution in [-0.2, 0) is 9.53 Å². The first-order valence-corrected chi connectivity index (χ1v) is 3.84. The molecule has 10 heavy (non-hydrogen) atoms. The summed E-state index contributed by atoms with van der Waals surface area (Å²) in [6.07, 6.45) is 3.83. The number of ether oxygens (including phenoxy) is 1. The molecule has 0 radical (unpaired) electrons. The summed E-state index contributed by atoms with van der Waals surface area (Å²) in [6.45, 7) is 2.06. The second-order valence-corrected chi connectivity index (χ2v) is 2.56. The van der Waals surface area contributed by atoms with E-state index in [4.69, 9.17) is 0 Å². The van der Waals surface area contributed by atoms with E-state index < -0.39 is 0 Å². The van der Waals surface area contributed by atoms with Gasteiger partial charge in [-0.3, -0.25) is 0 Å². The molecule has 0 aliphatic rings. The predicted molar refractivity (Wildman–Crippen MR) is 44.7 cm³/mol. The van der Waals surface area contributed by atoms with E-state index in [0.717, 1.165) is 12.8 Å². The minimum atomic E-state index is -0.265. The van der Waals surface area contributed by atoms with Crippen LogP contribution in [0.5, 0.6) is 0 Å². The Kier molecular flexibility index (Phi) is 5.23. The van der Waals surface area contributed by atoms with Crippen molar-refractivity contribution in [1.82, 2.24) is 0 Å². The summed E-state index contributed by atoms with van der Waals surface area (Å²) < 4.78 is 4.48. The number of carbonyl (C=O) groups excluding carboxylic acids is 1. The monoisotopic (exact) mass is 160 g/mol. The first-order valence-electron chi connectivity index (χ1n) is 3.26. The topological polar surface area (TPSA) is 26.3 Å². The van der Waals surface area contributed by atoms with Crippen LogP contribution in [0.15, 0.2) is 11.4 Å². The minimum Gasteiger partial charge on any atom is -0.465 e. The largest absolute Gasteiger partial charge is 0.465 e. The van der Waals surface area contributed by atoms with E-state index in [-0.39, 0.29) is 5.97 Å². The van der Waals surface area contributed by atoms with Crippen LogP contribution in [0.1, 0.15) is 19.8 Å². The molecule has 0 aliphatic carbocycles. The fourth-order valence-corrected chi connectivity index (χ4v) is 0.786. The summed E-state index contributed by atoms with van der Waals surface area (Å²) in [5.74, 6) is -0.265. The smallest absolute Gasteiger partial charge is 0.337 e. The van der Waals surface area contributed by atoms with Crippen LogP contribution < -0.4 is 0 Å². The molecule has 0 saturated heterocycles. The fraction of sp³-hybridized carbons (Fsp3) is 0.571. The van der Waals surface area contributed by atoms with Gasteiger partial charge in [-0.1, -0.05) is 28.7 Å². The molecular formula is C7H13O2P. The van der Waals surface area contributed by atoms with Crippen molar-refractivity contribution >= 4 is 15.2 Å². The second kappa shape index (κ2) is 5.43. The third kappa shape index (κ3) is 3.62. The lowest BCUT2D eigenvalue weighted by Crippen LogP contribution is -1.98. The summed E-state index contributed by atoms with van der Waals surface area (Å²) in [7, 11) is 3.74. The molecule has 58 valence electrons. The maximum Gasteiger partial charge on any atom is 0.337 e. The van der Waals surface area contributed by atoms with Gasteiger partial charge in [0.1, 0.15) is 0 Å². The van der Waals surface area contributed by atoms with Gasteiger partial charge in [0.05, 0.1) is 12.4 Å². The molecule has 0 aliphatic heterocycles. The van der Waals surface area contributed by atoms with Gasteiger partial charge in [0.2, 0.25) is 0 Å². The summed E-state index contributed by atoms with van der Waals surface area (Å²) in [5.41, 5.74) is 0. The van der Waals surface area contributed by atoms with E-state index in [1.807, 2.05) is 6.08 Å². The molecule has 0 aromatic heterocycles. The number of esters is 1. The van der Waals surface area contributed by atoms with Crippen molar-refractivity contribution in [2.24, 2.45) is 0 Å². The number of allylic oxidation sites excluding steroid dienone is 1. The van der Waals surface area contributed by atoms with E-state index in [9.17, 15) is 4.79 Å². The molecule has 0 N–H and O–H groups in total. The first-order chi connectivity index (χ1) is 4.72. The van der Waals surface area contributed by atoms with Gasteiger partial charge in [-0.15, -0.1) is 0 Å². The number of rotatable bonds is 3. The quantitative estimate of drug-likeness (QED) is 0.357. The van der Waals surface area contributed by atoms with Crippen molar-refractivity contribution in [3.63, 3.8) is 0 Å². The Morgan fingerprint density at radius 2 is 2.30 bits per heavy atom. The Bertz CT molecular complexity index is 141. The first kappa shape index (κ1) is 9.64. The third-order valence-electron chi connectivity index (χ3n) is 1.07. The van der Waals surface area contributed by atoms with Crippen LogP contribution in [0.4, 0.5) is 0 Å². The van der Waals surface area contributed by atoms with Crippen molar-refractivity contribution in [2.75, 3.05) is 7.11 Å². The van der Waals surface area contributed by atoms with E-state index in [1.54, 1.807) is 0 Å². The molecule has 0 bridgehead atoms. The van der Waals surface area contributed by atoms with Gasteiger partial charge in [-0.2, -0.15) is 0 Å². The predicted octanol–water partition coefficient (Wildman–Crippen LogP) is 1.72. The van der Waals surface area contributed by atoms with Gasteiger partial charge < -0.3 is 4.74 Å². The molecule has 1 unspecified atom stereocenters. The second-order valence-electron chi connectivity index (χ2n) is 1.94. The number of hydrogen-bond donors (Lipinski definition) is 0. The summed E-state index contributed by atoms with van der Waals surface area (Å²) in [4.78, 5) is 10.7. The Labute approximate surface area is 63.8 Å². The normalized spacial score (nSPS) is 11.3. The Morgan fingerprint density at radius 3 is 2.70 bits per heavy atom. The molecular weight excluding hydrogens is 147 g/mol. The zero-order valence-electron chi connectivity index (χ0n) is 6.39. The van der Waals surface area contributed by atoms with E-state index in [1.165, 1.54) is 7.11 Å². The van der Waals surface area contributed by atoms with Crippen LogP contribution in [0.25, 0.3) is 0 Å². The Balaban J connectivity index is 3.80. The van der Waals surface area contributed by atoms with Crippen molar-refractivity contribution in [2.45, 2.75) is 19.8 Å². The Hall–Kier alpha value is -0.360. The number of hydrogen-bond acceptors (Lipinski definition) is 2. The maximum atomic E-state index is 10.7. The van der Waals surface area contributed by atoms with Gasteiger partial charge in [0.25, 0.3) is 0 Å². The van der Waals surface area contributed by atoms with Crippen molar-refractivity contribution < 1.29 is 9.53 Å². The van der Waals surface area contributed by atoms with Crippen LogP contribution in [-0.4, -0.2) is 13.1 Å². The van der Waals surface area contributed by atoms with Crippen molar-refractivity contribution in [1.29, 1.82) is 0 Å². The zero-order valence-corrected chi connectivity index (χ0v) is 7.54. The highest BCUT2D eigenvalue weighted by molar-refractivity contribution is 7.24. The van der Waals surface area contributed by atoms with Gasteiger partial charge in [0, 0.05) is 0 Å². The maximum absolute atomic E-state index is 10.7. The van der Waals surface area contributed by atoms with Crippen LogP contribution >= 0.6 is 9.24 Å². The molecule has 0 rings (SSSR count). The van der Waals surface area contributed by atoms with Gasteiger partial charge in [-0.25, -0.2) is 4.79 Å². The summed E-state index contributed by atoms with van der Waals surface area (Å²) in [6, 6.07) is 0. The summed E-state index contributed by atoms with van der Waals surface area (Å²) in [5, 5.41) is 0.615. The average molecular weight is 160 g/mol. The molecule has 3 heteroatoms. The third-order valence-corrected chi connectivity index (χ3v) is 1.55. The van der Waals surface area contributed by atoms with Gasteiger partial charge in [0.15, 0.2) is 0 Å². The Morgan fingerprint density at radius 1 is 1.70 bits per heavy atom. The average Bonchev–Trinajstić information content (AvgIpc) is 1.98. The molecule has 0 fully saturated rings. The van der Waals surface area contributed by atoms with Crippen LogP contribution in [0, 0.1) is 0 Å². The van der Waals surface area contributed by atoms with Crippen molar-refractivity contribution in [3.8, 4) is 0 Å². The zero-order chi connectivity index (χ0) is 7.98. The highest BCUT2D eigenvalue weighted by Crippen LogP contribution is 2.08. The highest BCUT2D eigenvalue weighted by atomic mass is 31.0. The fourth-order valence-electron chi connectivity index (χ4n) is 0.501. The SMILES string of the molecule is CCCC=C(P)C(=O)OC. The minimum absolute atomic E-state index is 0.265. The van der Waals surface area contributed by atoms with Crippen LogP contribution in [0.3, 0.4) is 0 Å². The molecule has 0 amide bonds. The van der Waals surface area contributed by atoms with Gasteiger partial charge in [-0.05, 0) is 6.42 Å². The van der Waals surface area contributed by atoms with E-state index in [0.29, 0.717) is 5.31 Å². The van der Waals surface area contributed by atoms with E-state index in [2.05, 4.69) is 20.9 Å². The molecule has 0 aromatic carbocycles. The lowest BCUT2D eigenvalue weighted by atomic mass is 10.3. The molecule has 0 saturated carbocycles. The van der Waals surface area contributed by atoms with Crippen LogP contribution in [0.2, 0.25) is 0 Å². The van der Waals surface area contributed by atoms with E-state index >= 15 is 0 Å². The van der Waals surface area contributed by atoms with Gasteiger partial charge >= 0.3 is 5.97 Å². The molecule has 0 heterocycles. The lowest BCUT2D eigenvalue weighted by molar-refractivity contribution is -0.135. The lowest BCUT2D eigenvalue weighted by Gasteiger charge is -1.96. The molecule has 2 nitrogen and oxygen atoms in total. The number of carbonyl (C=O) groups is 1.